The lowest BCUT2D eigenvalue weighted by Crippen LogP contribution is -2.28. The molecule has 2 rings (SSSR count). The Balaban J connectivity index is 2.27. The van der Waals surface area contributed by atoms with Gasteiger partial charge in [-0.25, -0.2) is 0 Å². The van der Waals surface area contributed by atoms with E-state index in [1.807, 2.05) is 36.4 Å². The fourth-order valence-corrected chi connectivity index (χ4v) is 1.87. The lowest BCUT2D eigenvalue weighted by atomic mass is 9.93. The van der Waals surface area contributed by atoms with E-state index in [0.717, 1.165) is 12.2 Å². The van der Waals surface area contributed by atoms with Crippen LogP contribution in [0.3, 0.4) is 0 Å². The summed E-state index contributed by atoms with van der Waals surface area (Å²) in [6.45, 7) is 4.28. The van der Waals surface area contributed by atoms with Gasteiger partial charge in [0.05, 0.1) is 0 Å². The second kappa shape index (κ2) is 5.05. The van der Waals surface area contributed by atoms with Crippen LogP contribution in [0.1, 0.15) is 25.8 Å². The van der Waals surface area contributed by atoms with Gasteiger partial charge in [-0.05, 0) is 31.0 Å². The van der Waals surface area contributed by atoms with Crippen molar-refractivity contribution in [2.75, 3.05) is 0 Å². The summed E-state index contributed by atoms with van der Waals surface area (Å²) in [6.07, 6.45) is 0.936. The van der Waals surface area contributed by atoms with Gasteiger partial charge in [0.25, 0.3) is 0 Å². The molecule has 1 unspecified atom stereocenters. The summed E-state index contributed by atoms with van der Waals surface area (Å²) >= 11 is 0. The van der Waals surface area contributed by atoms with Crippen molar-refractivity contribution in [3.8, 4) is 5.75 Å². The Morgan fingerprint density at radius 2 is 1.41 bits per heavy atom. The van der Waals surface area contributed by atoms with Gasteiger partial charge >= 0.3 is 0 Å². The topological polar surface area (TPSA) is 9.23 Å². The third kappa shape index (κ3) is 2.68. The summed E-state index contributed by atoms with van der Waals surface area (Å²) in [5, 5.41) is 0. The van der Waals surface area contributed by atoms with E-state index in [4.69, 9.17) is 4.74 Å². The molecule has 0 aliphatic carbocycles. The summed E-state index contributed by atoms with van der Waals surface area (Å²) in [7, 11) is 0. The number of hydrogen-bond acceptors (Lipinski definition) is 1. The molecule has 0 N–H and O–H groups in total. The van der Waals surface area contributed by atoms with Crippen LogP contribution < -0.4 is 4.74 Å². The van der Waals surface area contributed by atoms with Crippen LogP contribution >= 0.6 is 0 Å². The Hall–Kier alpha value is -1.76. The minimum atomic E-state index is -0.261. The van der Waals surface area contributed by atoms with Crippen molar-refractivity contribution < 1.29 is 4.74 Å². The summed E-state index contributed by atoms with van der Waals surface area (Å²) in [5.41, 5.74) is 0.953. The van der Waals surface area contributed by atoms with Crippen LogP contribution in [0.25, 0.3) is 0 Å². The Morgan fingerprint density at radius 3 is 1.94 bits per heavy atom. The molecular weight excluding hydrogens is 208 g/mol. The zero-order valence-corrected chi connectivity index (χ0v) is 10.4. The molecule has 0 heterocycles. The third-order valence-electron chi connectivity index (χ3n) is 3.15. The minimum Gasteiger partial charge on any atom is -0.483 e. The largest absolute Gasteiger partial charge is 0.483 e. The second-order valence-electron chi connectivity index (χ2n) is 4.37. The quantitative estimate of drug-likeness (QED) is 0.751. The van der Waals surface area contributed by atoms with Crippen LogP contribution in [-0.4, -0.2) is 0 Å². The SMILES string of the molecule is CCC(C)(Oc1ccccc1)c1ccccc1. The maximum atomic E-state index is 6.14. The predicted octanol–water partition coefficient (Wildman–Crippen LogP) is 4.39. The molecule has 0 aliphatic rings. The van der Waals surface area contributed by atoms with Crippen molar-refractivity contribution in [3.63, 3.8) is 0 Å². The molecule has 2 aromatic rings. The third-order valence-corrected chi connectivity index (χ3v) is 3.15. The molecule has 1 atom stereocenters. The average molecular weight is 226 g/mol. The lowest BCUT2D eigenvalue weighted by molar-refractivity contribution is 0.0826. The molecule has 0 radical (unpaired) electrons. The van der Waals surface area contributed by atoms with Gasteiger partial charge in [-0.2, -0.15) is 0 Å². The van der Waals surface area contributed by atoms with Crippen LogP contribution in [-0.2, 0) is 5.60 Å². The van der Waals surface area contributed by atoms with Crippen LogP contribution in [0.4, 0.5) is 0 Å². The van der Waals surface area contributed by atoms with Crippen molar-refractivity contribution in [1.29, 1.82) is 0 Å². The highest BCUT2D eigenvalue weighted by atomic mass is 16.5. The lowest BCUT2D eigenvalue weighted by Gasteiger charge is -2.30. The Kier molecular flexibility index (Phi) is 3.48. The molecule has 0 saturated heterocycles. The van der Waals surface area contributed by atoms with Crippen molar-refractivity contribution in [3.05, 3.63) is 66.2 Å². The predicted molar refractivity (Wildman–Crippen MR) is 71.2 cm³/mol. The molecule has 0 bridgehead atoms. The van der Waals surface area contributed by atoms with E-state index >= 15 is 0 Å². The smallest absolute Gasteiger partial charge is 0.131 e. The van der Waals surface area contributed by atoms with Crippen molar-refractivity contribution in [1.82, 2.24) is 0 Å². The first kappa shape index (κ1) is 11.7. The van der Waals surface area contributed by atoms with E-state index in [2.05, 4.69) is 38.1 Å². The van der Waals surface area contributed by atoms with Gasteiger partial charge in [-0.1, -0.05) is 55.5 Å². The van der Waals surface area contributed by atoms with Crippen molar-refractivity contribution >= 4 is 0 Å². The normalized spacial score (nSPS) is 14.0. The average Bonchev–Trinajstić information content (AvgIpc) is 2.41. The van der Waals surface area contributed by atoms with E-state index in [1.165, 1.54) is 5.56 Å². The van der Waals surface area contributed by atoms with Crippen LogP contribution in [0.5, 0.6) is 5.75 Å². The van der Waals surface area contributed by atoms with Crippen LogP contribution in [0, 0.1) is 0 Å². The zero-order valence-electron chi connectivity index (χ0n) is 10.4. The van der Waals surface area contributed by atoms with Crippen molar-refractivity contribution in [2.24, 2.45) is 0 Å². The first-order chi connectivity index (χ1) is 8.24. The number of benzene rings is 2. The van der Waals surface area contributed by atoms with E-state index in [-0.39, 0.29) is 5.60 Å². The van der Waals surface area contributed by atoms with Gasteiger partial charge in [-0.15, -0.1) is 0 Å². The first-order valence-corrected chi connectivity index (χ1v) is 6.04. The highest BCUT2D eigenvalue weighted by Gasteiger charge is 2.26. The minimum absolute atomic E-state index is 0.261. The van der Waals surface area contributed by atoms with E-state index in [9.17, 15) is 0 Å². The number of para-hydroxylation sites is 1. The van der Waals surface area contributed by atoms with Gasteiger partial charge in [0, 0.05) is 0 Å². The molecule has 0 fully saturated rings. The fourth-order valence-electron chi connectivity index (χ4n) is 1.87. The number of ether oxygens (including phenoxy) is 1. The Labute approximate surface area is 103 Å². The molecule has 88 valence electrons. The highest BCUT2D eigenvalue weighted by molar-refractivity contribution is 5.27. The molecule has 17 heavy (non-hydrogen) atoms. The number of rotatable bonds is 4. The molecule has 0 spiro atoms. The van der Waals surface area contributed by atoms with Crippen molar-refractivity contribution in [2.45, 2.75) is 25.9 Å². The molecule has 1 heteroatoms. The maximum absolute atomic E-state index is 6.14. The molecule has 2 aromatic carbocycles. The van der Waals surface area contributed by atoms with E-state index in [0.29, 0.717) is 0 Å². The molecule has 1 nitrogen and oxygen atoms in total. The number of hydrogen-bond donors (Lipinski definition) is 0. The van der Waals surface area contributed by atoms with Gasteiger partial charge in [0.15, 0.2) is 0 Å². The van der Waals surface area contributed by atoms with E-state index < -0.39 is 0 Å². The highest BCUT2D eigenvalue weighted by Crippen LogP contribution is 2.30. The van der Waals surface area contributed by atoms with Crippen LogP contribution in [0.2, 0.25) is 0 Å². The molecule has 0 aliphatic heterocycles. The monoisotopic (exact) mass is 226 g/mol. The second-order valence-corrected chi connectivity index (χ2v) is 4.37. The first-order valence-electron chi connectivity index (χ1n) is 6.04. The summed E-state index contributed by atoms with van der Waals surface area (Å²) < 4.78 is 6.14. The molecular formula is C16H18O. The van der Waals surface area contributed by atoms with Crippen LogP contribution in [0.15, 0.2) is 60.7 Å². The Morgan fingerprint density at radius 1 is 0.882 bits per heavy atom. The molecule has 0 saturated carbocycles. The van der Waals surface area contributed by atoms with Gasteiger partial charge in [-0.3, -0.25) is 0 Å². The van der Waals surface area contributed by atoms with Gasteiger partial charge in [0.2, 0.25) is 0 Å². The maximum Gasteiger partial charge on any atom is 0.131 e. The standard InChI is InChI=1S/C16H18O/c1-3-16(2,14-10-6-4-7-11-14)17-15-12-8-5-9-13-15/h4-13H,3H2,1-2H3. The summed E-state index contributed by atoms with van der Waals surface area (Å²) in [6, 6.07) is 20.4. The van der Waals surface area contributed by atoms with E-state index in [1.54, 1.807) is 0 Å². The van der Waals surface area contributed by atoms with Gasteiger partial charge in [0.1, 0.15) is 11.4 Å². The molecule has 0 amide bonds. The summed E-state index contributed by atoms with van der Waals surface area (Å²) in [5.74, 6) is 0.917. The summed E-state index contributed by atoms with van der Waals surface area (Å²) in [4.78, 5) is 0. The molecule has 0 aromatic heterocycles. The zero-order chi connectivity index (χ0) is 12.1. The Bertz CT molecular complexity index is 449. The fraction of sp³-hybridized carbons (Fsp3) is 0.250. The van der Waals surface area contributed by atoms with Gasteiger partial charge < -0.3 is 4.74 Å².